The molecule has 0 aromatic heterocycles. The molecule has 1 atom stereocenters. The van der Waals surface area contributed by atoms with E-state index in [-0.39, 0.29) is 12.6 Å². The van der Waals surface area contributed by atoms with Crippen LogP contribution in [0.2, 0.25) is 0 Å². The van der Waals surface area contributed by atoms with Crippen LogP contribution in [0.15, 0.2) is 30.3 Å². The molecule has 0 radical (unpaired) electrons. The summed E-state index contributed by atoms with van der Waals surface area (Å²) in [7, 11) is 0. The second kappa shape index (κ2) is 5.29. The molecule has 1 aromatic carbocycles. The number of hydrogen-bond donors (Lipinski definition) is 2. The molecule has 82 valence electrons. The molecule has 1 aliphatic carbocycles. The van der Waals surface area contributed by atoms with Gasteiger partial charge in [0.2, 0.25) is 0 Å². The first kappa shape index (κ1) is 10.7. The molecule has 2 rings (SSSR count). The third-order valence-corrected chi connectivity index (χ3v) is 3.18. The van der Waals surface area contributed by atoms with Crippen LogP contribution in [0.5, 0.6) is 0 Å². The first-order valence-electron chi connectivity index (χ1n) is 5.82. The summed E-state index contributed by atoms with van der Waals surface area (Å²) in [6.45, 7) is 0.181. The minimum atomic E-state index is 0.106. The number of nitrogens with one attached hydrogen (secondary N) is 1. The molecule has 1 saturated carbocycles. The van der Waals surface area contributed by atoms with Gasteiger partial charge < -0.3 is 10.4 Å². The maximum atomic E-state index is 9.38. The van der Waals surface area contributed by atoms with Crippen LogP contribution >= 0.6 is 0 Å². The molecular weight excluding hydrogens is 186 g/mol. The summed E-state index contributed by atoms with van der Waals surface area (Å²) < 4.78 is 0. The fourth-order valence-electron chi connectivity index (χ4n) is 2.32. The van der Waals surface area contributed by atoms with Crippen molar-refractivity contribution in [3.05, 3.63) is 35.9 Å². The van der Waals surface area contributed by atoms with Crippen LogP contribution in [0.3, 0.4) is 0 Å². The van der Waals surface area contributed by atoms with Crippen molar-refractivity contribution in [2.45, 2.75) is 37.8 Å². The van der Waals surface area contributed by atoms with E-state index in [1.54, 1.807) is 0 Å². The van der Waals surface area contributed by atoms with Gasteiger partial charge in [-0.15, -0.1) is 0 Å². The summed E-state index contributed by atoms with van der Waals surface area (Å²) in [5.41, 5.74) is 1.19. The Kier molecular flexibility index (Phi) is 3.75. The SMILES string of the molecule is OC[C@@H](NC1CCCC1)c1ccccc1. The Morgan fingerprint density at radius 3 is 2.47 bits per heavy atom. The van der Waals surface area contributed by atoms with E-state index in [1.165, 1.54) is 31.2 Å². The zero-order valence-electron chi connectivity index (χ0n) is 9.02. The maximum absolute atomic E-state index is 9.38. The molecule has 0 aliphatic heterocycles. The number of aliphatic hydroxyl groups is 1. The number of hydrogen-bond acceptors (Lipinski definition) is 2. The van der Waals surface area contributed by atoms with Gasteiger partial charge in [-0.25, -0.2) is 0 Å². The average Bonchev–Trinajstić information content (AvgIpc) is 2.80. The van der Waals surface area contributed by atoms with Gasteiger partial charge in [-0.3, -0.25) is 0 Å². The van der Waals surface area contributed by atoms with E-state index < -0.39 is 0 Å². The lowest BCUT2D eigenvalue weighted by molar-refractivity contribution is 0.233. The van der Waals surface area contributed by atoms with E-state index in [0.717, 1.165) is 0 Å². The van der Waals surface area contributed by atoms with Gasteiger partial charge in [-0.1, -0.05) is 43.2 Å². The topological polar surface area (TPSA) is 32.3 Å². The van der Waals surface area contributed by atoms with Gasteiger partial charge in [0.25, 0.3) is 0 Å². The van der Waals surface area contributed by atoms with Crippen LogP contribution in [0, 0.1) is 0 Å². The van der Waals surface area contributed by atoms with Gasteiger partial charge in [-0.2, -0.15) is 0 Å². The molecule has 2 N–H and O–H groups in total. The highest BCUT2D eigenvalue weighted by atomic mass is 16.3. The van der Waals surface area contributed by atoms with Gasteiger partial charge in [0.1, 0.15) is 0 Å². The fraction of sp³-hybridized carbons (Fsp3) is 0.538. The highest BCUT2D eigenvalue weighted by molar-refractivity contribution is 5.19. The Bertz CT molecular complexity index is 280. The van der Waals surface area contributed by atoms with E-state index >= 15 is 0 Å². The molecule has 1 aromatic rings. The van der Waals surface area contributed by atoms with E-state index in [2.05, 4.69) is 17.4 Å². The first-order valence-corrected chi connectivity index (χ1v) is 5.82. The highest BCUT2D eigenvalue weighted by Crippen LogP contribution is 2.21. The normalized spacial score (nSPS) is 19.3. The van der Waals surface area contributed by atoms with Crippen molar-refractivity contribution in [1.29, 1.82) is 0 Å². The van der Waals surface area contributed by atoms with Gasteiger partial charge in [-0.05, 0) is 18.4 Å². The fourth-order valence-corrected chi connectivity index (χ4v) is 2.32. The molecule has 0 bridgehead atoms. The third-order valence-electron chi connectivity index (χ3n) is 3.18. The molecule has 0 spiro atoms. The zero-order valence-corrected chi connectivity index (χ0v) is 9.02. The third kappa shape index (κ3) is 2.80. The van der Waals surface area contributed by atoms with E-state index in [4.69, 9.17) is 0 Å². The number of aliphatic hydroxyl groups excluding tert-OH is 1. The quantitative estimate of drug-likeness (QED) is 0.790. The van der Waals surface area contributed by atoms with Crippen LogP contribution in [0.4, 0.5) is 0 Å². The molecule has 2 heteroatoms. The van der Waals surface area contributed by atoms with Crippen molar-refractivity contribution in [1.82, 2.24) is 5.32 Å². The van der Waals surface area contributed by atoms with Gasteiger partial charge in [0, 0.05) is 6.04 Å². The standard InChI is InChI=1S/C13H19NO/c15-10-13(11-6-2-1-3-7-11)14-12-8-4-5-9-12/h1-3,6-7,12-15H,4-5,8-10H2/t13-/m1/s1. The first-order chi connectivity index (χ1) is 7.40. The Morgan fingerprint density at radius 2 is 1.87 bits per heavy atom. The van der Waals surface area contributed by atoms with Gasteiger partial charge in [0.05, 0.1) is 12.6 Å². The highest BCUT2D eigenvalue weighted by Gasteiger charge is 2.19. The Labute approximate surface area is 91.3 Å². The Balaban J connectivity index is 1.97. The molecule has 1 fully saturated rings. The number of rotatable bonds is 4. The minimum absolute atomic E-state index is 0.106. The van der Waals surface area contributed by atoms with Crippen molar-refractivity contribution >= 4 is 0 Å². The van der Waals surface area contributed by atoms with Crippen LogP contribution in [-0.4, -0.2) is 17.8 Å². The van der Waals surface area contributed by atoms with Crippen LogP contribution in [-0.2, 0) is 0 Å². The molecule has 2 nitrogen and oxygen atoms in total. The van der Waals surface area contributed by atoms with E-state index in [9.17, 15) is 5.11 Å². The summed E-state index contributed by atoms with van der Waals surface area (Å²) in [6, 6.07) is 10.9. The summed E-state index contributed by atoms with van der Waals surface area (Å²) in [6.07, 6.45) is 5.15. The lowest BCUT2D eigenvalue weighted by Gasteiger charge is -2.21. The Morgan fingerprint density at radius 1 is 1.20 bits per heavy atom. The van der Waals surface area contributed by atoms with Crippen molar-refractivity contribution in [3.8, 4) is 0 Å². The van der Waals surface area contributed by atoms with Gasteiger partial charge in [0.15, 0.2) is 0 Å². The zero-order chi connectivity index (χ0) is 10.5. The van der Waals surface area contributed by atoms with Crippen LogP contribution < -0.4 is 5.32 Å². The summed E-state index contributed by atoms with van der Waals surface area (Å²) in [4.78, 5) is 0. The minimum Gasteiger partial charge on any atom is -0.394 e. The van der Waals surface area contributed by atoms with Gasteiger partial charge >= 0.3 is 0 Å². The molecule has 0 unspecified atom stereocenters. The molecule has 1 aliphatic rings. The predicted molar refractivity (Wildman–Crippen MR) is 61.7 cm³/mol. The van der Waals surface area contributed by atoms with Crippen molar-refractivity contribution in [2.75, 3.05) is 6.61 Å². The largest absolute Gasteiger partial charge is 0.394 e. The van der Waals surface area contributed by atoms with Crippen LogP contribution in [0.1, 0.15) is 37.3 Å². The molecule has 0 saturated heterocycles. The smallest absolute Gasteiger partial charge is 0.0626 e. The summed E-state index contributed by atoms with van der Waals surface area (Å²) >= 11 is 0. The maximum Gasteiger partial charge on any atom is 0.0626 e. The lowest BCUT2D eigenvalue weighted by Crippen LogP contribution is -2.32. The molecule has 0 heterocycles. The van der Waals surface area contributed by atoms with E-state index in [0.29, 0.717) is 6.04 Å². The Hall–Kier alpha value is -0.860. The predicted octanol–water partition coefficient (Wildman–Crippen LogP) is 2.25. The molecular formula is C13H19NO. The molecule has 0 amide bonds. The average molecular weight is 205 g/mol. The van der Waals surface area contributed by atoms with E-state index in [1.807, 2.05) is 18.2 Å². The van der Waals surface area contributed by atoms with Crippen molar-refractivity contribution < 1.29 is 5.11 Å². The number of benzene rings is 1. The lowest BCUT2D eigenvalue weighted by atomic mass is 10.1. The monoisotopic (exact) mass is 205 g/mol. The van der Waals surface area contributed by atoms with Crippen molar-refractivity contribution in [2.24, 2.45) is 0 Å². The van der Waals surface area contributed by atoms with Crippen LogP contribution in [0.25, 0.3) is 0 Å². The second-order valence-electron chi connectivity index (χ2n) is 4.29. The summed E-state index contributed by atoms with van der Waals surface area (Å²) in [5.74, 6) is 0. The molecule has 15 heavy (non-hydrogen) atoms. The second-order valence-corrected chi connectivity index (χ2v) is 4.29. The van der Waals surface area contributed by atoms with Crippen molar-refractivity contribution in [3.63, 3.8) is 0 Å². The summed E-state index contributed by atoms with van der Waals surface area (Å²) in [5, 5.41) is 12.9.